The average Bonchev–Trinajstić information content (AvgIpc) is 3.53. The van der Waals surface area contributed by atoms with Gasteiger partial charge in [0.1, 0.15) is 10.8 Å². The molecule has 2 heterocycles. The minimum Gasteiger partial charge on any atom is -0.497 e. The summed E-state index contributed by atoms with van der Waals surface area (Å²) in [4.78, 5) is 27.4. The van der Waals surface area contributed by atoms with Crippen LogP contribution in [0.15, 0.2) is 53.7 Å². The number of carbonyl (C=O) groups is 2. The number of benzene rings is 2. The van der Waals surface area contributed by atoms with E-state index >= 15 is 0 Å². The van der Waals surface area contributed by atoms with Crippen LogP contribution < -0.4 is 15.4 Å². The zero-order valence-corrected chi connectivity index (χ0v) is 22.3. The zero-order valence-electron chi connectivity index (χ0n) is 19.9. The fourth-order valence-corrected chi connectivity index (χ4v) is 6.19. The number of halogens is 1. The number of fused-ring (bicyclic) bond motifs is 1. The summed E-state index contributed by atoms with van der Waals surface area (Å²) < 4.78 is 6.76. The van der Waals surface area contributed by atoms with Gasteiger partial charge in [0.05, 0.1) is 24.1 Å². The predicted molar refractivity (Wildman–Crippen MR) is 145 cm³/mol. The number of aryl methyl sites for hydroxylation is 1. The number of ether oxygens (including phenoxy) is 1. The van der Waals surface area contributed by atoms with E-state index in [9.17, 15) is 9.59 Å². The maximum Gasteiger partial charge on any atom is 0.258 e. The largest absolute Gasteiger partial charge is 0.497 e. The molecule has 0 atom stereocenters. The van der Waals surface area contributed by atoms with Crippen LogP contribution in [-0.2, 0) is 17.6 Å². The molecule has 0 fully saturated rings. The molecule has 0 spiro atoms. The Labute approximate surface area is 226 Å². The topological polar surface area (TPSA) is 111 Å². The van der Waals surface area contributed by atoms with Crippen LogP contribution in [0.25, 0.3) is 5.69 Å². The number of hydrogen-bond acceptors (Lipinski definition) is 8. The van der Waals surface area contributed by atoms with E-state index in [0.29, 0.717) is 26.4 Å². The summed E-state index contributed by atoms with van der Waals surface area (Å²) in [6, 6.07) is 14.2. The molecule has 5 rings (SSSR count). The van der Waals surface area contributed by atoms with Gasteiger partial charge in [-0.2, -0.15) is 4.68 Å². The van der Waals surface area contributed by atoms with Gasteiger partial charge in [0.25, 0.3) is 5.91 Å². The lowest BCUT2D eigenvalue weighted by Gasteiger charge is -2.13. The first-order valence-electron chi connectivity index (χ1n) is 11.6. The van der Waals surface area contributed by atoms with Gasteiger partial charge < -0.3 is 15.4 Å². The third kappa shape index (κ3) is 5.79. The molecule has 0 saturated carbocycles. The molecular weight excluding hydrogens is 532 g/mol. The molecular formula is C25H23ClN6O3S2. The number of aromatic nitrogens is 4. The first kappa shape index (κ1) is 25.2. The van der Waals surface area contributed by atoms with Gasteiger partial charge in [-0.3, -0.25) is 9.59 Å². The Morgan fingerprint density at radius 3 is 2.59 bits per heavy atom. The molecule has 1 aliphatic carbocycles. The van der Waals surface area contributed by atoms with Crippen LogP contribution in [0.3, 0.4) is 0 Å². The minimum atomic E-state index is -0.242. The lowest BCUT2D eigenvalue weighted by Crippen LogP contribution is -2.19. The molecule has 37 heavy (non-hydrogen) atoms. The molecule has 2 aromatic carbocycles. The maximum atomic E-state index is 13.3. The van der Waals surface area contributed by atoms with E-state index in [1.54, 1.807) is 36.1 Å². The van der Waals surface area contributed by atoms with Crippen LogP contribution in [0.4, 0.5) is 10.7 Å². The molecule has 0 radical (unpaired) electrons. The summed E-state index contributed by atoms with van der Waals surface area (Å²) in [7, 11) is 1.60. The SMILES string of the molecule is COc1ccc(-n2nnnc2SCC(=O)Nc2sc3c(c2C(=O)Nc2ccc(Cl)cc2)CCCC3)cc1. The summed E-state index contributed by atoms with van der Waals surface area (Å²) in [5, 5.41) is 19.4. The minimum absolute atomic E-state index is 0.0807. The Hall–Kier alpha value is -3.41. The van der Waals surface area contributed by atoms with Gasteiger partial charge in [0.2, 0.25) is 11.1 Å². The number of methoxy groups -OCH3 is 1. The summed E-state index contributed by atoms with van der Waals surface area (Å²) >= 11 is 8.66. The molecule has 0 aliphatic heterocycles. The summed E-state index contributed by atoms with van der Waals surface area (Å²) in [5.74, 6) is 0.318. The molecule has 0 unspecified atom stereocenters. The monoisotopic (exact) mass is 554 g/mol. The van der Waals surface area contributed by atoms with Crippen molar-refractivity contribution in [2.75, 3.05) is 23.5 Å². The smallest absolute Gasteiger partial charge is 0.258 e. The molecule has 9 nitrogen and oxygen atoms in total. The predicted octanol–water partition coefficient (Wildman–Crippen LogP) is 5.25. The van der Waals surface area contributed by atoms with Crippen molar-refractivity contribution >= 4 is 57.2 Å². The van der Waals surface area contributed by atoms with E-state index in [-0.39, 0.29) is 17.6 Å². The second-order valence-electron chi connectivity index (χ2n) is 8.28. The van der Waals surface area contributed by atoms with E-state index in [0.717, 1.165) is 47.6 Å². The molecule has 1 aliphatic rings. The third-order valence-corrected chi connectivity index (χ3v) is 8.22. The maximum absolute atomic E-state index is 13.3. The van der Waals surface area contributed by atoms with Gasteiger partial charge in [0, 0.05) is 15.6 Å². The van der Waals surface area contributed by atoms with Crippen LogP contribution in [0.1, 0.15) is 33.6 Å². The van der Waals surface area contributed by atoms with E-state index in [1.165, 1.54) is 23.1 Å². The highest BCUT2D eigenvalue weighted by atomic mass is 35.5. The lowest BCUT2D eigenvalue weighted by atomic mass is 9.95. The Bertz CT molecular complexity index is 1420. The molecule has 0 saturated heterocycles. The molecule has 2 aromatic heterocycles. The first-order valence-corrected chi connectivity index (χ1v) is 13.8. The number of anilines is 2. The van der Waals surface area contributed by atoms with Crippen molar-refractivity contribution < 1.29 is 14.3 Å². The van der Waals surface area contributed by atoms with Gasteiger partial charge in [-0.1, -0.05) is 23.4 Å². The second kappa shape index (κ2) is 11.3. The van der Waals surface area contributed by atoms with Crippen molar-refractivity contribution in [2.45, 2.75) is 30.8 Å². The molecule has 190 valence electrons. The third-order valence-electron chi connectivity index (χ3n) is 5.84. The number of amides is 2. The van der Waals surface area contributed by atoms with Crippen molar-refractivity contribution in [1.29, 1.82) is 0 Å². The fourth-order valence-electron chi connectivity index (χ4n) is 4.07. The van der Waals surface area contributed by atoms with Crippen LogP contribution in [0.5, 0.6) is 5.75 Å². The standard InChI is InChI=1S/C25H23ClN6O3S2/c1-35-18-12-10-17(11-13-18)32-25(29-30-31-32)36-14-21(33)28-24-22(19-4-2-3-5-20(19)37-24)23(34)27-16-8-6-15(26)7-9-16/h6-13H,2-5,14H2,1H3,(H,27,34)(H,28,33). The van der Waals surface area contributed by atoms with Crippen molar-refractivity contribution in [3.8, 4) is 11.4 Å². The van der Waals surface area contributed by atoms with Crippen molar-refractivity contribution in [1.82, 2.24) is 20.2 Å². The van der Waals surface area contributed by atoms with Crippen LogP contribution in [-0.4, -0.2) is 44.9 Å². The normalized spacial score (nSPS) is 12.6. The number of nitrogens with one attached hydrogen (secondary N) is 2. The molecule has 4 aromatic rings. The molecule has 2 N–H and O–H groups in total. The van der Waals surface area contributed by atoms with E-state index in [1.807, 2.05) is 24.3 Å². The number of hydrogen-bond donors (Lipinski definition) is 2. The quantitative estimate of drug-likeness (QED) is 0.286. The van der Waals surface area contributed by atoms with Gasteiger partial charge in [0.15, 0.2) is 0 Å². The Kier molecular flexibility index (Phi) is 7.73. The second-order valence-corrected chi connectivity index (χ2v) is 10.8. The number of nitrogens with zero attached hydrogens (tertiary/aromatic N) is 4. The summed E-state index contributed by atoms with van der Waals surface area (Å²) in [6.45, 7) is 0. The highest BCUT2D eigenvalue weighted by Gasteiger charge is 2.26. The van der Waals surface area contributed by atoms with Crippen molar-refractivity contribution in [3.05, 3.63) is 69.6 Å². The Morgan fingerprint density at radius 1 is 1.08 bits per heavy atom. The number of thioether (sulfide) groups is 1. The Morgan fingerprint density at radius 2 is 1.84 bits per heavy atom. The summed E-state index contributed by atoms with van der Waals surface area (Å²) in [5.41, 5.74) is 2.95. The lowest BCUT2D eigenvalue weighted by molar-refractivity contribution is -0.113. The number of tetrazole rings is 1. The van der Waals surface area contributed by atoms with E-state index in [4.69, 9.17) is 16.3 Å². The van der Waals surface area contributed by atoms with E-state index in [2.05, 4.69) is 26.2 Å². The van der Waals surface area contributed by atoms with Gasteiger partial charge in [-0.25, -0.2) is 0 Å². The fraction of sp³-hybridized carbons (Fsp3) is 0.240. The van der Waals surface area contributed by atoms with Crippen molar-refractivity contribution in [2.24, 2.45) is 0 Å². The van der Waals surface area contributed by atoms with Crippen LogP contribution in [0, 0.1) is 0 Å². The highest BCUT2D eigenvalue weighted by molar-refractivity contribution is 7.99. The van der Waals surface area contributed by atoms with E-state index < -0.39 is 0 Å². The van der Waals surface area contributed by atoms with Gasteiger partial charge in [-0.05, 0) is 90.2 Å². The summed E-state index contributed by atoms with van der Waals surface area (Å²) in [6.07, 6.45) is 3.81. The highest BCUT2D eigenvalue weighted by Crippen LogP contribution is 2.38. The molecule has 0 bridgehead atoms. The first-order chi connectivity index (χ1) is 18.0. The van der Waals surface area contributed by atoms with Crippen molar-refractivity contribution in [3.63, 3.8) is 0 Å². The van der Waals surface area contributed by atoms with Gasteiger partial charge >= 0.3 is 0 Å². The number of carbonyl (C=O) groups excluding carboxylic acids is 2. The molecule has 12 heteroatoms. The van der Waals surface area contributed by atoms with Crippen LogP contribution >= 0.6 is 34.7 Å². The van der Waals surface area contributed by atoms with Gasteiger partial charge in [-0.15, -0.1) is 16.4 Å². The number of rotatable bonds is 8. The Balaban J connectivity index is 1.30. The molecule has 2 amide bonds. The number of thiophene rings is 1. The van der Waals surface area contributed by atoms with Crippen LogP contribution in [0.2, 0.25) is 5.02 Å². The zero-order chi connectivity index (χ0) is 25.8. The average molecular weight is 555 g/mol.